The summed E-state index contributed by atoms with van der Waals surface area (Å²) in [7, 11) is 0. The van der Waals surface area contributed by atoms with Gasteiger partial charge in [0.2, 0.25) is 6.79 Å². The molecule has 0 amide bonds. The smallest absolute Gasteiger partial charge is 0.231 e. The highest BCUT2D eigenvalue weighted by molar-refractivity contribution is 6.30. The number of hydrogen-bond acceptors (Lipinski definition) is 4. The molecule has 0 radical (unpaired) electrons. The largest absolute Gasteiger partial charge is 0.454 e. The highest BCUT2D eigenvalue weighted by Gasteiger charge is 2.29. The van der Waals surface area contributed by atoms with Crippen molar-refractivity contribution < 1.29 is 14.3 Å². The van der Waals surface area contributed by atoms with Crippen molar-refractivity contribution in [1.82, 2.24) is 0 Å². The van der Waals surface area contributed by atoms with Crippen molar-refractivity contribution in [2.45, 2.75) is 47.0 Å². The summed E-state index contributed by atoms with van der Waals surface area (Å²) in [5, 5.41) is 0. The minimum absolute atomic E-state index is 0.164. The average Bonchev–Trinajstić information content (AvgIpc) is 3.36. The molecule has 0 aliphatic carbocycles. The van der Waals surface area contributed by atoms with Crippen LogP contribution in [0.4, 0.5) is 0 Å². The van der Waals surface area contributed by atoms with Crippen LogP contribution >= 0.6 is 0 Å². The zero-order chi connectivity index (χ0) is 21.9. The highest BCUT2D eigenvalue weighted by atomic mass is 16.7. The molecule has 2 aromatic carbocycles. The topological polar surface area (TPSA) is 47.9 Å². The second-order valence-electron chi connectivity index (χ2n) is 9.57. The third-order valence-corrected chi connectivity index (χ3v) is 5.01. The van der Waals surface area contributed by atoms with E-state index in [1.807, 2.05) is 63.2 Å². The quantitative estimate of drug-likeness (QED) is 0.640. The lowest BCUT2D eigenvalue weighted by molar-refractivity contribution is -0.121. The van der Waals surface area contributed by atoms with Gasteiger partial charge in [-0.2, -0.15) is 0 Å². The number of benzene rings is 2. The summed E-state index contributed by atoms with van der Waals surface area (Å²) < 4.78 is 10.6. The van der Waals surface area contributed by atoms with E-state index in [1.54, 1.807) is 0 Å². The molecule has 2 aromatic rings. The van der Waals surface area contributed by atoms with Crippen LogP contribution in [0.3, 0.4) is 0 Å². The number of Topliss-reactive ketones (excluding diaryl/α,β-unsaturated/α-hetero) is 1. The van der Waals surface area contributed by atoms with Gasteiger partial charge in [0, 0.05) is 16.6 Å². The van der Waals surface area contributed by atoms with Gasteiger partial charge in [0.15, 0.2) is 17.3 Å². The number of hydrogen-bond donors (Lipinski definition) is 0. The minimum Gasteiger partial charge on any atom is -0.454 e. The number of carbonyl (C=O) groups excluding carboxylic acids is 1. The number of fused-ring (bicyclic) bond motifs is 1. The molecule has 0 saturated heterocycles. The van der Waals surface area contributed by atoms with Gasteiger partial charge >= 0.3 is 0 Å². The van der Waals surface area contributed by atoms with Gasteiger partial charge in [-0.15, -0.1) is 0 Å². The van der Waals surface area contributed by atoms with Crippen LogP contribution in [-0.2, 0) is 10.2 Å². The van der Waals surface area contributed by atoms with Crippen molar-refractivity contribution in [1.29, 1.82) is 0 Å². The number of allylic oxidation sites excluding steroid dienone is 1. The molecule has 0 saturated carbocycles. The van der Waals surface area contributed by atoms with Gasteiger partial charge < -0.3 is 9.47 Å². The number of ketones is 1. The van der Waals surface area contributed by atoms with E-state index in [0.717, 1.165) is 28.3 Å². The first-order valence-corrected chi connectivity index (χ1v) is 10.3. The molecule has 0 fully saturated rings. The molecule has 0 unspecified atom stereocenters. The fourth-order valence-corrected chi connectivity index (χ4v) is 3.22. The van der Waals surface area contributed by atoms with E-state index in [9.17, 15) is 4.79 Å². The van der Waals surface area contributed by atoms with Gasteiger partial charge in [-0.3, -0.25) is 9.79 Å². The molecular formula is C26H31NO3. The minimum atomic E-state index is -0.355. The van der Waals surface area contributed by atoms with Crippen LogP contribution in [0, 0.1) is 5.41 Å². The lowest BCUT2D eigenvalue weighted by atomic mass is 9.83. The summed E-state index contributed by atoms with van der Waals surface area (Å²) in [5.41, 5.74) is 3.71. The highest BCUT2D eigenvalue weighted by Crippen LogP contribution is 2.36. The summed E-state index contributed by atoms with van der Waals surface area (Å²) in [4.78, 5) is 16.7. The number of aliphatic imine (C=N–C) groups is 1. The Balaban J connectivity index is 0.000000177. The first-order valence-electron chi connectivity index (χ1n) is 10.3. The summed E-state index contributed by atoms with van der Waals surface area (Å²) in [6.45, 7) is 13.3. The van der Waals surface area contributed by atoms with Gasteiger partial charge in [-0.1, -0.05) is 84.0 Å². The molecule has 0 N–H and O–H groups in total. The summed E-state index contributed by atoms with van der Waals surface area (Å²) in [5.74, 6) is 1.89. The van der Waals surface area contributed by atoms with Crippen molar-refractivity contribution in [3.8, 4) is 11.5 Å². The second-order valence-corrected chi connectivity index (χ2v) is 9.57. The molecule has 0 spiro atoms. The predicted octanol–water partition coefficient (Wildman–Crippen LogP) is 5.74. The van der Waals surface area contributed by atoms with Crippen LogP contribution in [0.5, 0.6) is 11.5 Å². The Morgan fingerprint density at radius 3 is 2.20 bits per heavy atom. The van der Waals surface area contributed by atoms with E-state index in [1.165, 1.54) is 5.56 Å². The normalized spacial score (nSPS) is 15.1. The Bertz CT molecular complexity index is 974. The summed E-state index contributed by atoms with van der Waals surface area (Å²) in [6.07, 6.45) is 1.93. The maximum absolute atomic E-state index is 12.3. The molecular weight excluding hydrogens is 374 g/mol. The second kappa shape index (κ2) is 8.47. The molecule has 2 aliphatic heterocycles. The van der Waals surface area contributed by atoms with Crippen LogP contribution in [0.15, 0.2) is 65.2 Å². The van der Waals surface area contributed by atoms with E-state index in [0.29, 0.717) is 13.3 Å². The SMILES string of the molecule is CC(C)(C)C(=O)C1=CCN=C1c1ccccc1.CC(C)(C)c1ccc2c(c1)OCO2. The number of nitrogens with zero attached hydrogens (tertiary/aromatic N) is 1. The van der Waals surface area contributed by atoms with Crippen molar-refractivity contribution in [3.63, 3.8) is 0 Å². The molecule has 0 atom stereocenters. The molecule has 4 nitrogen and oxygen atoms in total. The standard InChI is InChI=1S/C15H17NO.C11H14O2/c1-15(2,3)14(17)12-9-10-16-13(12)11-7-5-4-6-8-11;1-11(2,3)8-4-5-9-10(6-8)13-7-12-9/h4-9H,10H2,1-3H3;4-6H,7H2,1-3H3. The maximum Gasteiger partial charge on any atom is 0.231 e. The zero-order valence-electron chi connectivity index (χ0n) is 18.8. The van der Waals surface area contributed by atoms with Crippen LogP contribution < -0.4 is 9.47 Å². The molecule has 0 bridgehead atoms. The maximum atomic E-state index is 12.3. The number of ether oxygens (including phenoxy) is 2. The fourth-order valence-electron chi connectivity index (χ4n) is 3.22. The third-order valence-electron chi connectivity index (χ3n) is 5.01. The summed E-state index contributed by atoms with van der Waals surface area (Å²) >= 11 is 0. The number of rotatable bonds is 2. The van der Waals surface area contributed by atoms with E-state index in [-0.39, 0.29) is 16.6 Å². The first kappa shape index (κ1) is 21.8. The molecule has 4 heteroatoms. The Kier molecular flexibility index (Phi) is 6.16. The van der Waals surface area contributed by atoms with Gasteiger partial charge in [0.1, 0.15) is 0 Å². The van der Waals surface area contributed by atoms with Crippen LogP contribution in [-0.4, -0.2) is 24.8 Å². The Morgan fingerprint density at radius 1 is 0.900 bits per heavy atom. The van der Waals surface area contributed by atoms with Crippen LogP contribution in [0.25, 0.3) is 0 Å². The molecule has 158 valence electrons. The average molecular weight is 406 g/mol. The Hall–Kier alpha value is -2.88. The zero-order valence-corrected chi connectivity index (χ0v) is 18.8. The molecule has 2 aliphatic rings. The van der Waals surface area contributed by atoms with Crippen LogP contribution in [0.2, 0.25) is 0 Å². The first-order chi connectivity index (χ1) is 14.1. The summed E-state index contributed by atoms with van der Waals surface area (Å²) in [6, 6.07) is 16.0. The Morgan fingerprint density at radius 2 is 1.57 bits per heavy atom. The fraction of sp³-hybridized carbons (Fsp3) is 0.385. The van der Waals surface area contributed by atoms with Gasteiger partial charge in [-0.05, 0) is 23.1 Å². The Labute approximate surface area is 179 Å². The number of carbonyl (C=O) groups is 1. The van der Waals surface area contributed by atoms with E-state index in [2.05, 4.69) is 37.9 Å². The van der Waals surface area contributed by atoms with E-state index < -0.39 is 0 Å². The van der Waals surface area contributed by atoms with E-state index >= 15 is 0 Å². The van der Waals surface area contributed by atoms with Crippen LogP contribution in [0.1, 0.15) is 52.7 Å². The molecule has 0 aromatic heterocycles. The molecule has 4 rings (SSSR count). The third kappa shape index (κ3) is 4.99. The van der Waals surface area contributed by atoms with E-state index in [4.69, 9.17) is 9.47 Å². The lowest BCUT2D eigenvalue weighted by Gasteiger charge is -2.18. The molecule has 30 heavy (non-hydrogen) atoms. The lowest BCUT2D eigenvalue weighted by Crippen LogP contribution is -2.25. The van der Waals surface area contributed by atoms with Crippen molar-refractivity contribution in [2.24, 2.45) is 10.4 Å². The predicted molar refractivity (Wildman–Crippen MR) is 122 cm³/mol. The van der Waals surface area contributed by atoms with Gasteiger partial charge in [0.05, 0.1) is 12.3 Å². The van der Waals surface area contributed by atoms with Crippen molar-refractivity contribution in [3.05, 3.63) is 71.3 Å². The van der Waals surface area contributed by atoms with Gasteiger partial charge in [-0.25, -0.2) is 0 Å². The monoisotopic (exact) mass is 405 g/mol. The molecule has 2 heterocycles. The van der Waals surface area contributed by atoms with Gasteiger partial charge in [0.25, 0.3) is 0 Å². The van der Waals surface area contributed by atoms with Crippen molar-refractivity contribution in [2.75, 3.05) is 13.3 Å². The van der Waals surface area contributed by atoms with Crippen molar-refractivity contribution >= 4 is 11.5 Å².